The Bertz CT molecular complexity index is 1490. The van der Waals surface area contributed by atoms with E-state index in [1.54, 1.807) is 12.3 Å². The number of halogens is 1. The molecule has 6 nitrogen and oxygen atoms in total. The Labute approximate surface area is 202 Å². The molecule has 0 saturated heterocycles. The number of anilines is 1. The average molecular weight is 467 g/mol. The first kappa shape index (κ1) is 21.4. The maximum atomic E-state index is 14.3. The smallest absolute Gasteiger partial charge is 0.251 e. The molecule has 2 aliphatic rings. The van der Waals surface area contributed by atoms with Crippen LogP contribution in [0.15, 0.2) is 60.9 Å². The fourth-order valence-corrected chi connectivity index (χ4v) is 5.19. The van der Waals surface area contributed by atoms with Crippen molar-refractivity contribution in [3.05, 3.63) is 111 Å². The van der Waals surface area contributed by atoms with Gasteiger partial charge in [0.05, 0.1) is 6.20 Å². The Kier molecular flexibility index (Phi) is 4.89. The molecule has 4 heterocycles. The van der Waals surface area contributed by atoms with Crippen molar-refractivity contribution in [3.8, 4) is 11.1 Å². The minimum atomic E-state index is -0.363. The Balaban J connectivity index is 1.27. The first-order valence-electron chi connectivity index (χ1n) is 11.4. The Morgan fingerprint density at radius 3 is 2.54 bits per heavy atom. The van der Waals surface area contributed by atoms with Gasteiger partial charge in [0.25, 0.3) is 5.91 Å². The number of nitrogens with one attached hydrogen (secondary N) is 1. The SMILES string of the molecule is Cc1cc(N)nc(C)c1CNC(=O)c1ccc2c(c1)C1OC2c2ccc(-c3ccncc3F)cc21. The summed E-state index contributed by atoms with van der Waals surface area (Å²) in [5.74, 6) is -0.0597. The normalized spacial score (nSPS) is 17.2. The molecule has 1 amide bonds. The summed E-state index contributed by atoms with van der Waals surface area (Å²) in [5, 5.41) is 3.00. The van der Waals surface area contributed by atoms with E-state index in [-0.39, 0.29) is 23.9 Å². The number of ether oxygens (including phenoxy) is 1. The maximum Gasteiger partial charge on any atom is 0.251 e. The summed E-state index contributed by atoms with van der Waals surface area (Å²) in [4.78, 5) is 21.1. The van der Waals surface area contributed by atoms with Crippen LogP contribution in [0, 0.1) is 19.7 Å². The number of hydrogen-bond acceptors (Lipinski definition) is 5. The Hall–Kier alpha value is -4.10. The zero-order valence-electron chi connectivity index (χ0n) is 19.3. The lowest BCUT2D eigenvalue weighted by Gasteiger charge is -2.18. The number of fused-ring (bicyclic) bond motifs is 8. The molecule has 2 aromatic heterocycles. The molecule has 7 heteroatoms. The fraction of sp³-hybridized carbons (Fsp3) is 0.179. The quantitative estimate of drug-likeness (QED) is 0.445. The van der Waals surface area contributed by atoms with E-state index in [1.165, 1.54) is 6.20 Å². The van der Waals surface area contributed by atoms with Crippen LogP contribution in [0.3, 0.4) is 0 Å². The zero-order chi connectivity index (χ0) is 24.3. The van der Waals surface area contributed by atoms with Gasteiger partial charge in [-0.2, -0.15) is 0 Å². The molecule has 0 saturated carbocycles. The number of hydrogen-bond donors (Lipinski definition) is 2. The Morgan fingerprint density at radius 2 is 1.77 bits per heavy atom. The van der Waals surface area contributed by atoms with Crippen molar-refractivity contribution >= 4 is 11.7 Å². The van der Waals surface area contributed by atoms with E-state index in [0.717, 1.165) is 44.6 Å². The zero-order valence-corrected chi connectivity index (χ0v) is 19.3. The van der Waals surface area contributed by atoms with Crippen molar-refractivity contribution in [1.82, 2.24) is 15.3 Å². The van der Waals surface area contributed by atoms with Crippen molar-refractivity contribution in [1.29, 1.82) is 0 Å². The van der Waals surface area contributed by atoms with E-state index < -0.39 is 0 Å². The van der Waals surface area contributed by atoms with E-state index in [4.69, 9.17) is 10.5 Å². The molecule has 2 aromatic carbocycles. The number of aryl methyl sites for hydroxylation is 2. The molecule has 2 atom stereocenters. The molecule has 2 bridgehead atoms. The summed E-state index contributed by atoms with van der Waals surface area (Å²) in [6.45, 7) is 4.21. The third-order valence-electron chi connectivity index (χ3n) is 6.92. The number of rotatable bonds is 4. The van der Waals surface area contributed by atoms with Crippen LogP contribution in [0.2, 0.25) is 0 Å². The highest BCUT2D eigenvalue weighted by Crippen LogP contribution is 2.54. The summed E-state index contributed by atoms with van der Waals surface area (Å²) >= 11 is 0. The van der Waals surface area contributed by atoms with Gasteiger partial charge in [0.1, 0.15) is 23.8 Å². The monoisotopic (exact) mass is 466 g/mol. The van der Waals surface area contributed by atoms with Gasteiger partial charge in [-0.3, -0.25) is 9.78 Å². The van der Waals surface area contributed by atoms with Crippen molar-refractivity contribution in [2.45, 2.75) is 32.6 Å². The van der Waals surface area contributed by atoms with Crippen molar-refractivity contribution in [3.63, 3.8) is 0 Å². The molecule has 0 fully saturated rings. The van der Waals surface area contributed by atoms with Gasteiger partial charge in [-0.05, 0) is 83.1 Å². The number of pyridine rings is 2. The lowest BCUT2D eigenvalue weighted by molar-refractivity contribution is 0.0857. The van der Waals surface area contributed by atoms with Gasteiger partial charge in [0.15, 0.2) is 0 Å². The van der Waals surface area contributed by atoms with E-state index in [1.807, 2.05) is 56.3 Å². The summed E-state index contributed by atoms with van der Waals surface area (Å²) in [6.07, 6.45) is 2.34. The highest BCUT2D eigenvalue weighted by atomic mass is 19.1. The molecular formula is C28H23FN4O2. The second kappa shape index (κ2) is 7.99. The van der Waals surface area contributed by atoms with Crippen LogP contribution < -0.4 is 11.1 Å². The van der Waals surface area contributed by atoms with Crippen molar-refractivity contribution in [2.24, 2.45) is 0 Å². The summed E-state index contributed by atoms with van der Waals surface area (Å²) in [7, 11) is 0. The predicted octanol–water partition coefficient (Wildman–Crippen LogP) is 4.93. The third-order valence-corrected chi connectivity index (χ3v) is 6.92. The summed E-state index contributed by atoms with van der Waals surface area (Å²) in [6, 6.07) is 15.1. The number of carbonyl (C=O) groups is 1. The van der Waals surface area contributed by atoms with Gasteiger partial charge in [-0.25, -0.2) is 9.37 Å². The molecule has 3 N–H and O–H groups in total. The molecule has 0 aliphatic carbocycles. The molecule has 4 aromatic rings. The highest BCUT2D eigenvalue weighted by Gasteiger charge is 2.43. The van der Waals surface area contributed by atoms with Crippen LogP contribution in [-0.4, -0.2) is 15.9 Å². The molecule has 2 unspecified atom stereocenters. The number of aromatic nitrogens is 2. The standard InChI is InChI=1S/C28H23FN4O2/c1-14-9-25(30)33-15(2)23(14)12-32-28(34)17-4-6-20-22(11-17)27-21-10-16(3-5-19(21)26(20)35-27)18-7-8-31-13-24(18)29/h3-11,13,26-27H,12H2,1-2H3,(H2,30,33)(H,32,34). The van der Waals surface area contributed by atoms with Gasteiger partial charge in [0, 0.05) is 29.6 Å². The summed E-state index contributed by atoms with van der Waals surface area (Å²) < 4.78 is 20.6. The van der Waals surface area contributed by atoms with Crippen molar-refractivity contribution in [2.75, 3.05) is 5.73 Å². The van der Waals surface area contributed by atoms with E-state index in [0.29, 0.717) is 23.5 Å². The predicted molar refractivity (Wildman–Crippen MR) is 130 cm³/mol. The van der Waals surface area contributed by atoms with Gasteiger partial charge >= 0.3 is 0 Å². The topological polar surface area (TPSA) is 90.1 Å². The van der Waals surface area contributed by atoms with Crippen LogP contribution >= 0.6 is 0 Å². The average Bonchev–Trinajstić information content (AvgIpc) is 3.40. The number of carbonyl (C=O) groups excluding carboxylic acids is 1. The van der Waals surface area contributed by atoms with Crippen LogP contribution in [0.4, 0.5) is 10.2 Å². The first-order chi connectivity index (χ1) is 16.9. The molecule has 35 heavy (non-hydrogen) atoms. The van der Waals surface area contributed by atoms with Crippen LogP contribution in [0.25, 0.3) is 11.1 Å². The minimum absolute atomic E-state index is 0.168. The molecule has 6 rings (SSSR count). The van der Waals surface area contributed by atoms with E-state index in [9.17, 15) is 9.18 Å². The Morgan fingerprint density at radius 1 is 1.03 bits per heavy atom. The maximum absolute atomic E-state index is 14.3. The second-order valence-corrected chi connectivity index (χ2v) is 9.05. The largest absolute Gasteiger partial charge is 0.384 e. The molecule has 174 valence electrons. The van der Waals surface area contributed by atoms with Gasteiger partial charge in [-0.1, -0.05) is 18.2 Å². The third kappa shape index (κ3) is 3.47. The van der Waals surface area contributed by atoms with E-state index >= 15 is 0 Å². The van der Waals surface area contributed by atoms with Crippen LogP contribution in [0.1, 0.15) is 61.6 Å². The molecule has 0 spiro atoms. The lowest BCUT2D eigenvalue weighted by Crippen LogP contribution is -2.24. The first-order valence-corrected chi connectivity index (χ1v) is 11.4. The van der Waals surface area contributed by atoms with Gasteiger partial charge in [0.2, 0.25) is 0 Å². The van der Waals surface area contributed by atoms with Gasteiger partial charge < -0.3 is 15.8 Å². The van der Waals surface area contributed by atoms with Crippen molar-refractivity contribution < 1.29 is 13.9 Å². The number of nitrogen functional groups attached to an aromatic ring is 1. The molecule has 0 radical (unpaired) electrons. The van der Waals surface area contributed by atoms with Crippen LogP contribution in [0.5, 0.6) is 0 Å². The molecule has 2 aliphatic heterocycles. The summed E-state index contributed by atoms with van der Waals surface area (Å²) in [5.41, 5.74) is 14.5. The second-order valence-electron chi connectivity index (χ2n) is 9.05. The fourth-order valence-electron chi connectivity index (χ4n) is 5.19. The highest BCUT2D eigenvalue weighted by molar-refractivity contribution is 5.94. The number of nitrogens with two attached hydrogens (primary N) is 1. The minimum Gasteiger partial charge on any atom is -0.384 e. The number of amides is 1. The molecular weight excluding hydrogens is 443 g/mol. The number of nitrogens with zero attached hydrogens (tertiary/aromatic N) is 2. The number of benzene rings is 2. The van der Waals surface area contributed by atoms with E-state index in [2.05, 4.69) is 15.3 Å². The van der Waals surface area contributed by atoms with Crippen LogP contribution in [-0.2, 0) is 11.3 Å². The van der Waals surface area contributed by atoms with Gasteiger partial charge in [-0.15, -0.1) is 0 Å². The lowest BCUT2D eigenvalue weighted by atomic mass is 9.84.